The zero-order chi connectivity index (χ0) is 10.1. The van der Waals surface area contributed by atoms with E-state index in [4.69, 9.17) is 17.3 Å². The van der Waals surface area contributed by atoms with Crippen molar-refractivity contribution in [2.75, 3.05) is 5.73 Å². The molecule has 1 aromatic carbocycles. The Balaban J connectivity index is 2.71. The summed E-state index contributed by atoms with van der Waals surface area (Å²) in [6, 6.07) is 5.89. The summed E-state index contributed by atoms with van der Waals surface area (Å²) in [4.78, 5) is 0. The predicted molar refractivity (Wildman–Crippen MR) is 61.7 cm³/mol. The molecule has 0 aliphatic rings. The first kappa shape index (κ1) is 9.41. The second-order valence-electron chi connectivity index (χ2n) is 3.41. The Morgan fingerprint density at radius 3 is 2.93 bits per heavy atom. The molecule has 3 heteroatoms. The standard InChI is InChI=1S/C11H13ClN2/c1-2-6-14-7-8(12)11-9(13)4-3-5-10(11)14/h3-5,7H,2,6,13H2,1H3. The highest BCUT2D eigenvalue weighted by Crippen LogP contribution is 2.30. The molecule has 0 amide bonds. The smallest absolute Gasteiger partial charge is 0.0682 e. The van der Waals surface area contributed by atoms with E-state index in [1.54, 1.807) is 0 Å². The first-order valence-corrected chi connectivity index (χ1v) is 5.14. The zero-order valence-electron chi connectivity index (χ0n) is 8.13. The predicted octanol–water partition coefficient (Wildman–Crippen LogP) is 3.29. The molecule has 0 atom stereocenters. The third-order valence-corrected chi connectivity index (χ3v) is 2.64. The molecule has 0 unspecified atom stereocenters. The summed E-state index contributed by atoms with van der Waals surface area (Å²) < 4.78 is 2.15. The van der Waals surface area contributed by atoms with Crippen LogP contribution in [-0.2, 0) is 6.54 Å². The van der Waals surface area contributed by atoms with E-state index >= 15 is 0 Å². The second kappa shape index (κ2) is 3.54. The lowest BCUT2D eigenvalue weighted by Gasteiger charge is -2.02. The normalized spacial score (nSPS) is 11.0. The Hall–Kier alpha value is -1.15. The summed E-state index contributed by atoms with van der Waals surface area (Å²) in [7, 11) is 0. The van der Waals surface area contributed by atoms with Crippen molar-refractivity contribution in [3.63, 3.8) is 0 Å². The van der Waals surface area contributed by atoms with Crippen LogP contribution in [0.5, 0.6) is 0 Å². The second-order valence-corrected chi connectivity index (χ2v) is 3.82. The molecule has 2 nitrogen and oxygen atoms in total. The molecule has 14 heavy (non-hydrogen) atoms. The maximum absolute atomic E-state index is 6.12. The number of nitrogens with zero attached hydrogens (tertiary/aromatic N) is 1. The molecule has 2 aromatic rings. The lowest BCUT2D eigenvalue weighted by Crippen LogP contribution is -1.94. The van der Waals surface area contributed by atoms with E-state index in [0.717, 1.165) is 34.6 Å². The molecular formula is C11H13ClN2. The number of benzene rings is 1. The lowest BCUT2D eigenvalue weighted by atomic mass is 10.2. The number of hydrogen-bond acceptors (Lipinski definition) is 1. The van der Waals surface area contributed by atoms with Crippen LogP contribution in [0.15, 0.2) is 24.4 Å². The van der Waals surface area contributed by atoms with Crippen LogP contribution in [0.2, 0.25) is 5.02 Å². The highest BCUT2D eigenvalue weighted by Gasteiger charge is 2.08. The van der Waals surface area contributed by atoms with Crippen molar-refractivity contribution >= 4 is 28.2 Å². The van der Waals surface area contributed by atoms with Crippen LogP contribution >= 0.6 is 11.6 Å². The van der Waals surface area contributed by atoms with Crippen LogP contribution in [0.4, 0.5) is 5.69 Å². The average Bonchev–Trinajstić information content (AvgIpc) is 2.46. The summed E-state index contributed by atoms with van der Waals surface area (Å²) in [5.41, 5.74) is 7.74. The molecule has 1 aromatic heterocycles. The van der Waals surface area contributed by atoms with E-state index in [-0.39, 0.29) is 0 Å². The summed E-state index contributed by atoms with van der Waals surface area (Å²) in [5, 5.41) is 1.72. The highest BCUT2D eigenvalue weighted by atomic mass is 35.5. The third kappa shape index (κ3) is 1.36. The van der Waals surface area contributed by atoms with Crippen molar-refractivity contribution in [1.29, 1.82) is 0 Å². The molecule has 0 radical (unpaired) electrons. The fraction of sp³-hybridized carbons (Fsp3) is 0.273. The van der Waals surface area contributed by atoms with Crippen LogP contribution in [0.3, 0.4) is 0 Å². The Labute approximate surface area is 88.3 Å². The van der Waals surface area contributed by atoms with E-state index in [9.17, 15) is 0 Å². The molecule has 0 aliphatic heterocycles. The Morgan fingerprint density at radius 1 is 1.43 bits per heavy atom. The van der Waals surface area contributed by atoms with Gasteiger partial charge in [0, 0.05) is 23.8 Å². The van der Waals surface area contributed by atoms with Crippen LogP contribution in [0.1, 0.15) is 13.3 Å². The maximum atomic E-state index is 6.12. The van der Waals surface area contributed by atoms with Gasteiger partial charge in [0.05, 0.1) is 10.5 Å². The van der Waals surface area contributed by atoms with Gasteiger partial charge >= 0.3 is 0 Å². The number of fused-ring (bicyclic) bond motifs is 1. The van der Waals surface area contributed by atoms with Gasteiger partial charge in [-0.05, 0) is 18.6 Å². The average molecular weight is 209 g/mol. The van der Waals surface area contributed by atoms with Crippen LogP contribution in [-0.4, -0.2) is 4.57 Å². The molecule has 0 bridgehead atoms. The van der Waals surface area contributed by atoms with Crippen molar-refractivity contribution in [2.24, 2.45) is 0 Å². The minimum Gasteiger partial charge on any atom is -0.398 e. The minimum atomic E-state index is 0.742. The monoisotopic (exact) mass is 208 g/mol. The van der Waals surface area contributed by atoms with E-state index in [2.05, 4.69) is 11.5 Å². The quantitative estimate of drug-likeness (QED) is 0.755. The number of aromatic nitrogens is 1. The van der Waals surface area contributed by atoms with Crippen LogP contribution in [0.25, 0.3) is 10.9 Å². The van der Waals surface area contributed by atoms with Gasteiger partial charge in [-0.1, -0.05) is 24.6 Å². The lowest BCUT2D eigenvalue weighted by molar-refractivity contribution is 0.704. The van der Waals surface area contributed by atoms with Crippen molar-refractivity contribution < 1.29 is 0 Å². The molecule has 2 N–H and O–H groups in total. The molecule has 2 rings (SSSR count). The summed E-state index contributed by atoms with van der Waals surface area (Å²) in [5.74, 6) is 0. The van der Waals surface area contributed by atoms with Crippen LogP contribution in [0, 0.1) is 0 Å². The van der Waals surface area contributed by atoms with Gasteiger partial charge in [-0.15, -0.1) is 0 Å². The van der Waals surface area contributed by atoms with Gasteiger partial charge in [-0.2, -0.15) is 0 Å². The molecule has 0 aliphatic carbocycles. The maximum Gasteiger partial charge on any atom is 0.0682 e. The van der Waals surface area contributed by atoms with Gasteiger partial charge in [-0.3, -0.25) is 0 Å². The van der Waals surface area contributed by atoms with Crippen molar-refractivity contribution in [3.8, 4) is 0 Å². The summed E-state index contributed by atoms with van der Waals surface area (Å²) >= 11 is 6.12. The third-order valence-electron chi connectivity index (χ3n) is 2.36. The van der Waals surface area contributed by atoms with Gasteiger partial charge in [0.1, 0.15) is 0 Å². The van der Waals surface area contributed by atoms with Crippen molar-refractivity contribution in [1.82, 2.24) is 4.57 Å². The molecule has 0 spiro atoms. The number of rotatable bonds is 2. The Kier molecular flexibility index (Phi) is 2.38. The number of nitrogens with two attached hydrogens (primary N) is 1. The number of aryl methyl sites for hydroxylation is 1. The number of hydrogen-bond donors (Lipinski definition) is 1. The van der Waals surface area contributed by atoms with Crippen LogP contribution < -0.4 is 5.73 Å². The summed E-state index contributed by atoms with van der Waals surface area (Å²) in [6.45, 7) is 3.12. The molecule has 74 valence electrons. The van der Waals surface area contributed by atoms with Gasteiger partial charge in [0.2, 0.25) is 0 Å². The van der Waals surface area contributed by atoms with E-state index < -0.39 is 0 Å². The molecule has 0 fully saturated rings. The fourth-order valence-corrected chi connectivity index (χ4v) is 2.08. The van der Waals surface area contributed by atoms with Gasteiger partial charge in [0.15, 0.2) is 0 Å². The van der Waals surface area contributed by atoms with Gasteiger partial charge in [-0.25, -0.2) is 0 Å². The van der Waals surface area contributed by atoms with Crippen molar-refractivity contribution in [3.05, 3.63) is 29.4 Å². The van der Waals surface area contributed by atoms with E-state index in [1.165, 1.54) is 0 Å². The first-order chi connectivity index (χ1) is 6.74. The highest BCUT2D eigenvalue weighted by molar-refractivity contribution is 6.36. The number of nitrogen functional groups attached to an aromatic ring is 1. The molecule has 0 saturated carbocycles. The number of anilines is 1. The summed E-state index contributed by atoms with van der Waals surface area (Å²) in [6.07, 6.45) is 3.04. The van der Waals surface area contributed by atoms with Gasteiger partial charge < -0.3 is 10.3 Å². The Bertz CT molecular complexity index is 460. The molecule has 1 heterocycles. The minimum absolute atomic E-state index is 0.742. The Morgan fingerprint density at radius 2 is 2.21 bits per heavy atom. The topological polar surface area (TPSA) is 30.9 Å². The van der Waals surface area contributed by atoms with E-state index in [0.29, 0.717) is 0 Å². The van der Waals surface area contributed by atoms with E-state index in [1.807, 2.05) is 24.4 Å². The largest absolute Gasteiger partial charge is 0.398 e. The fourth-order valence-electron chi connectivity index (χ4n) is 1.75. The first-order valence-electron chi connectivity index (χ1n) is 4.77. The van der Waals surface area contributed by atoms with Gasteiger partial charge in [0.25, 0.3) is 0 Å². The zero-order valence-corrected chi connectivity index (χ0v) is 8.88. The van der Waals surface area contributed by atoms with Crippen molar-refractivity contribution in [2.45, 2.75) is 19.9 Å². The number of halogens is 1. The molecule has 0 saturated heterocycles. The SMILES string of the molecule is CCCn1cc(Cl)c2c(N)cccc21. The molecular weight excluding hydrogens is 196 g/mol.